The van der Waals surface area contributed by atoms with Crippen molar-refractivity contribution >= 4 is 18.3 Å². The molecule has 5 rings (SSSR count). The maximum absolute atomic E-state index is 16.3. The largest absolute Gasteiger partial charge is 0.737 e. The summed E-state index contributed by atoms with van der Waals surface area (Å²) in [6.07, 6.45) is 5.04. The summed E-state index contributed by atoms with van der Waals surface area (Å²) in [5.74, 6) is 0. The Morgan fingerprint density at radius 2 is 1.54 bits per heavy atom. The second kappa shape index (κ2) is 8.11. The van der Waals surface area contributed by atoms with Crippen molar-refractivity contribution in [1.29, 1.82) is 0 Å². The number of aryl methyl sites for hydroxylation is 1. The Bertz CT molecular complexity index is 1460. The average molecular weight is 472 g/mol. The van der Waals surface area contributed by atoms with Crippen molar-refractivity contribution in [2.75, 3.05) is 0 Å². The van der Waals surface area contributed by atoms with E-state index in [1.165, 1.54) is 8.96 Å². The molecule has 0 unspecified atom stereocenters. The van der Waals surface area contributed by atoms with E-state index >= 15 is 8.63 Å². The number of pyridine rings is 2. The van der Waals surface area contributed by atoms with Gasteiger partial charge in [0.05, 0.1) is 17.0 Å². The number of rotatable bonds is 4. The summed E-state index contributed by atoms with van der Waals surface area (Å²) in [5, 5.41) is 0. The quantitative estimate of drug-likeness (QED) is 0.399. The van der Waals surface area contributed by atoms with Gasteiger partial charge in [0, 0.05) is 41.7 Å². The predicted octanol–water partition coefficient (Wildman–Crippen LogP) is 6.64. The van der Waals surface area contributed by atoms with Gasteiger partial charge in [-0.1, -0.05) is 26.0 Å². The molecule has 4 nitrogen and oxygen atoms in total. The lowest BCUT2D eigenvalue weighted by Gasteiger charge is -2.34. The SMILES string of the molecule is CCC1=C(C)C2=C(c3ccc(-c4ccc(C)cn4)nc3)c3c(C)c(CC)c(C)n3[B-](F)(F)[N+]2=C1C. The van der Waals surface area contributed by atoms with Crippen LogP contribution < -0.4 is 0 Å². The first kappa shape index (κ1) is 23.4. The van der Waals surface area contributed by atoms with Crippen LogP contribution >= 0.6 is 0 Å². The molecule has 35 heavy (non-hydrogen) atoms. The lowest BCUT2D eigenvalue weighted by Crippen LogP contribution is -2.51. The Kier molecular flexibility index (Phi) is 5.42. The summed E-state index contributed by atoms with van der Waals surface area (Å²) in [6, 6.07) is 7.89. The molecule has 0 bridgehead atoms. The Balaban J connectivity index is 1.81. The number of hydrogen-bond acceptors (Lipinski definition) is 2. The van der Waals surface area contributed by atoms with Gasteiger partial charge in [-0.25, -0.2) is 0 Å². The molecule has 7 heteroatoms. The molecule has 0 aliphatic carbocycles. The fraction of sp³-hybridized carbons (Fsp3) is 0.321. The van der Waals surface area contributed by atoms with Crippen molar-refractivity contribution in [2.45, 2.75) is 61.3 Å². The molecule has 2 aliphatic rings. The van der Waals surface area contributed by atoms with E-state index < -0.39 is 6.97 Å². The number of fused-ring (bicyclic) bond motifs is 2. The van der Waals surface area contributed by atoms with E-state index in [0.29, 0.717) is 35.6 Å². The smallest absolute Gasteiger partial charge is 0.393 e. The van der Waals surface area contributed by atoms with Crippen LogP contribution in [0.1, 0.15) is 67.8 Å². The van der Waals surface area contributed by atoms with Gasteiger partial charge in [-0.2, -0.15) is 0 Å². The second-order valence-electron chi connectivity index (χ2n) is 9.64. The molecular weight excluding hydrogens is 441 g/mol. The van der Waals surface area contributed by atoms with Crippen LogP contribution in [0.15, 0.2) is 53.5 Å². The first-order chi connectivity index (χ1) is 16.6. The molecule has 0 radical (unpaired) electrons. The summed E-state index contributed by atoms with van der Waals surface area (Å²) < 4.78 is 35.3. The van der Waals surface area contributed by atoms with E-state index in [-0.39, 0.29) is 0 Å². The topological polar surface area (TPSA) is 33.7 Å². The van der Waals surface area contributed by atoms with Gasteiger partial charge >= 0.3 is 6.97 Å². The third-order valence-electron chi connectivity index (χ3n) is 7.72. The van der Waals surface area contributed by atoms with Crippen molar-refractivity contribution in [2.24, 2.45) is 0 Å². The fourth-order valence-electron chi connectivity index (χ4n) is 6.06. The molecule has 0 saturated carbocycles. The monoisotopic (exact) mass is 472 g/mol. The second-order valence-corrected chi connectivity index (χ2v) is 9.64. The normalized spacial score (nSPS) is 16.8. The lowest BCUT2D eigenvalue weighted by molar-refractivity contribution is -0.363. The first-order valence-electron chi connectivity index (χ1n) is 12.3. The number of allylic oxidation sites excluding steroid dienone is 2. The Hall–Kier alpha value is -3.35. The lowest BCUT2D eigenvalue weighted by atomic mass is 9.84. The van der Waals surface area contributed by atoms with Gasteiger partial charge < -0.3 is 17.6 Å². The molecule has 0 N–H and O–H groups in total. The molecule has 0 spiro atoms. The van der Waals surface area contributed by atoms with Gasteiger partial charge in [0.1, 0.15) is 5.71 Å². The van der Waals surface area contributed by atoms with Gasteiger partial charge in [0.15, 0.2) is 5.70 Å². The predicted molar refractivity (Wildman–Crippen MR) is 139 cm³/mol. The molecule has 0 fully saturated rings. The van der Waals surface area contributed by atoms with Crippen molar-refractivity contribution in [1.82, 2.24) is 14.4 Å². The number of hydrogen-bond donors (Lipinski definition) is 0. The van der Waals surface area contributed by atoms with Crippen molar-refractivity contribution < 1.29 is 13.1 Å². The Labute approximate surface area is 205 Å². The highest BCUT2D eigenvalue weighted by atomic mass is 19.2. The van der Waals surface area contributed by atoms with E-state index in [1.807, 2.05) is 78.9 Å². The van der Waals surface area contributed by atoms with Crippen molar-refractivity contribution in [3.8, 4) is 11.4 Å². The van der Waals surface area contributed by atoms with Crippen LogP contribution in [-0.4, -0.2) is 31.6 Å². The van der Waals surface area contributed by atoms with Crippen molar-refractivity contribution in [3.63, 3.8) is 0 Å². The molecule has 180 valence electrons. The van der Waals surface area contributed by atoms with Crippen molar-refractivity contribution in [3.05, 3.63) is 87.1 Å². The average Bonchev–Trinajstić information content (AvgIpc) is 3.24. The molecule has 0 aromatic carbocycles. The molecule has 0 atom stereocenters. The third-order valence-corrected chi connectivity index (χ3v) is 7.72. The minimum atomic E-state index is -4.02. The highest BCUT2D eigenvalue weighted by Crippen LogP contribution is 2.47. The molecule has 0 amide bonds. The summed E-state index contributed by atoms with van der Waals surface area (Å²) >= 11 is 0. The van der Waals surface area contributed by atoms with Gasteiger partial charge in [-0.3, -0.25) is 9.97 Å². The minimum absolute atomic E-state index is 0.614. The molecule has 3 aromatic rings. The third kappa shape index (κ3) is 3.20. The van der Waals surface area contributed by atoms with E-state index in [0.717, 1.165) is 50.4 Å². The minimum Gasteiger partial charge on any atom is -0.393 e. The summed E-state index contributed by atoms with van der Waals surface area (Å²) in [7, 11) is 0. The fourth-order valence-corrected chi connectivity index (χ4v) is 6.06. The van der Waals surface area contributed by atoms with Gasteiger partial charge in [-0.05, 0) is 75.1 Å². The molecular formula is C28H31BF2N4. The summed E-state index contributed by atoms with van der Waals surface area (Å²) in [6.45, 7) is 9.63. The Morgan fingerprint density at radius 3 is 2.09 bits per heavy atom. The molecule has 5 heterocycles. The Morgan fingerprint density at radius 1 is 0.886 bits per heavy atom. The highest BCUT2D eigenvalue weighted by Gasteiger charge is 2.56. The highest BCUT2D eigenvalue weighted by molar-refractivity contribution is 6.58. The maximum Gasteiger partial charge on any atom is 0.737 e. The zero-order valence-corrected chi connectivity index (χ0v) is 21.5. The van der Waals surface area contributed by atoms with Crippen LogP contribution in [0.5, 0.6) is 0 Å². The zero-order valence-electron chi connectivity index (χ0n) is 21.5. The van der Waals surface area contributed by atoms with Crippen LogP contribution in [0.2, 0.25) is 0 Å². The number of halogens is 2. The van der Waals surface area contributed by atoms with Gasteiger partial charge in [0.2, 0.25) is 0 Å². The summed E-state index contributed by atoms with van der Waals surface area (Å²) in [5.41, 5.74) is 10.6. The van der Waals surface area contributed by atoms with Crippen LogP contribution in [0.25, 0.3) is 17.0 Å². The number of aromatic nitrogens is 3. The molecule has 0 saturated heterocycles. The zero-order chi connectivity index (χ0) is 25.2. The standard InChI is InChI=1S/C28H31BF2N4/c1-8-22-17(4)27-26(21-11-13-25(33-15-21)24-12-10-16(3)14-32-24)28-18(5)23(9-2)20(7)35(28)29(30,31)34(27)19(22)6/h10-15H,8-9H2,1-7H3. The van der Waals surface area contributed by atoms with Crippen LogP contribution in [0.4, 0.5) is 8.63 Å². The van der Waals surface area contributed by atoms with E-state index in [1.54, 1.807) is 6.20 Å². The van der Waals surface area contributed by atoms with Crippen LogP contribution in [0.3, 0.4) is 0 Å². The first-order valence-corrected chi connectivity index (χ1v) is 12.3. The van der Waals surface area contributed by atoms with Crippen LogP contribution in [0, 0.1) is 20.8 Å². The van der Waals surface area contributed by atoms with Crippen LogP contribution in [-0.2, 0) is 6.42 Å². The van der Waals surface area contributed by atoms with E-state index in [2.05, 4.69) is 4.98 Å². The molecule has 2 aliphatic heterocycles. The van der Waals surface area contributed by atoms with E-state index in [4.69, 9.17) is 4.98 Å². The van der Waals surface area contributed by atoms with Gasteiger partial charge in [0.25, 0.3) is 0 Å². The maximum atomic E-state index is 16.3. The van der Waals surface area contributed by atoms with E-state index in [9.17, 15) is 0 Å². The summed E-state index contributed by atoms with van der Waals surface area (Å²) in [4.78, 5) is 9.20. The molecule has 3 aromatic heterocycles. The number of nitrogens with zero attached hydrogens (tertiary/aromatic N) is 4. The van der Waals surface area contributed by atoms with Gasteiger partial charge in [-0.15, -0.1) is 0 Å².